The molecule has 0 unspecified atom stereocenters. The van der Waals surface area contributed by atoms with Gasteiger partial charge in [-0.3, -0.25) is 0 Å². The van der Waals surface area contributed by atoms with Crippen molar-refractivity contribution in [3.05, 3.63) is 12.2 Å². The van der Waals surface area contributed by atoms with Gasteiger partial charge in [-0.1, -0.05) is 19.9 Å². The smallest absolute Gasteiger partial charge is 0.330 e. The molecule has 0 atom stereocenters. The van der Waals surface area contributed by atoms with Gasteiger partial charge >= 0.3 is 5.97 Å². The molecule has 0 aliphatic rings. The quantitative estimate of drug-likeness (QED) is 0.368. The summed E-state index contributed by atoms with van der Waals surface area (Å²) < 4.78 is 10.1. The zero-order valence-corrected chi connectivity index (χ0v) is 10.5. The Morgan fingerprint density at radius 3 is 2.81 bits per heavy atom. The lowest BCUT2D eigenvalue weighted by atomic mass is 10.2. The van der Waals surface area contributed by atoms with E-state index in [1.165, 1.54) is 6.08 Å². The normalized spacial score (nSPS) is 11.2. The van der Waals surface area contributed by atoms with Crippen LogP contribution in [0.3, 0.4) is 0 Å². The maximum atomic E-state index is 10.9. The molecule has 0 saturated heterocycles. The summed E-state index contributed by atoms with van der Waals surface area (Å²) in [6.07, 6.45) is 3.19. The fourth-order valence-corrected chi connectivity index (χ4v) is 0.994. The van der Waals surface area contributed by atoms with Crippen LogP contribution in [-0.4, -0.2) is 38.9 Å². The molecule has 0 amide bonds. The summed E-state index contributed by atoms with van der Waals surface area (Å²) in [5, 5.41) is 3.14. The second-order valence-corrected chi connectivity index (χ2v) is 3.83. The molecule has 0 aliphatic carbocycles. The van der Waals surface area contributed by atoms with Crippen LogP contribution in [0.5, 0.6) is 0 Å². The number of hydrogen-bond donors (Lipinski definition) is 1. The molecule has 16 heavy (non-hydrogen) atoms. The molecule has 0 aromatic carbocycles. The van der Waals surface area contributed by atoms with Crippen molar-refractivity contribution in [1.82, 2.24) is 5.32 Å². The van der Waals surface area contributed by atoms with Crippen LogP contribution in [0.4, 0.5) is 0 Å². The van der Waals surface area contributed by atoms with E-state index in [0.29, 0.717) is 25.7 Å². The second-order valence-electron chi connectivity index (χ2n) is 3.83. The summed E-state index contributed by atoms with van der Waals surface area (Å²) in [7, 11) is 0. The molecule has 0 rings (SSSR count). The van der Waals surface area contributed by atoms with Gasteiger partial charge in [0.05, 0.1) is 13.2 Å². The first kappa shape index (κ1) is 15.1. The van der Waals surface area contributed by atoms with Crippen LogP contribution in [0.25, 0.3) is 0 Å². The van der Waals surface area contributed by atoms with Crippen molar-refractivity contribution in [3.63, 3.8) is 0 Å². The van der Waals surface area contributed by atoms with Crippen LogP contribution < -0.4 is 5.32 Å². The lowest BCUT2D eigenvalue weighted by molar-refractivity contribution is -0.137. The van der Waals surface area contributed by atoms with Crippen molar-refractivity contribution in [3.8, 4) is 0 Å². The van der Waals surface area contributed by atoms with Crippen LogP contribution in [0.1, 0.15) is 20.8 Å². The van der Waals surface area contributed by atoms with Gasteiger partial charge in [-0.05, 0) is 12.8 Å². The van der Waals surface area contributed by atoms with Crippen LogP contribution in [0.15, 0.2) is 12.2 Å². The van der Waals surface area contributed by atoms with Crippen LogP contribution >= 0.6 is 0 Å². The lowest BCUT2D eigenvalue weighted by Gasteiger charge is -2.06. The highest BCUT2D eigenvalue weighted by Gasteiger charge is 1.93. The molecule has 0 radical (unpaired) electrons. The standard InChI is InChI=1S/C12H23NO3/c1-4-16-12(14)6-5-7-13-8-9-15-10-11(2)3/h5-6,11,13H,4,7-10H2,1-3H3/b6-5+. The highest BCUT2D eigenvalue weighted by molar-refractivity contribution is 5.81. The maximum Gasteiger partial charge on any atom is 0.330 e. The third-order valence-corrected chi connectivity index (χ3v) is 1.68. The molecule has 0 heterocycles. The molecule has 0 bridgehead atoms. The fourth-order valence-electron chi connectivity index (χ4n) is 0.994. The predicted molar refractivity (Wildman–Crippen MR) is 64.3 cm³/mol. The third-order valence-electron chi connectivity index (χ3n) is 1.68. The summed E-state index contributed by atoms with van der Waals surface area (Å²) in [4.78, 5) is 10.9. The van der Waals surface area contributed by atoms with Gasteiger partial charge < -0.3 is 14.8 Å². The minimum atomic E-state index is -0.291. The summed E-state index contributed by atoms with van der Waals surface area (Å²) in [5.41, 5.74) is 0. The maximum absolute atomic E-state index is 10.9. The van der Waals surface area contributed by atoms with Crippen LogP contribution in [0, 0.1) is 5.92 Å². The lowest BCUT2D eigenvalue weighted by Crippen LogP contribution is -2.20. The van der Waals surface area contributed by atoms with Crippen molar-refractivity contribution >= 4 is 5.97 Å². The van der Waals surface area contributed by atoms with Gasteiger partial charge in [-0.2, -0.15) is 0 Å². The van der Waals surface area contributed by atoms with Gasteiger partial charge in [0.25, 0.3) is 0 Å². The van der Waals surface area contributed by atoms with Crippen molar-refractivity contribution in [2.45, 2.75) is 20.8 Å². The Hall–Kier alpha value is -0.870. The third kappa shape index (κ3) is 11.2. The zero-order valence-electron chi connectivity index (χ0n) is 10.5. The van der Waals surface area contributed by atoms with E-state index >= 15 is 0 Å². The molecule has 0 saturated carbocycles. The summed E-state index contributed by atoms with van der Waals surface area (Å²) in [6, 6.07) is 0. The summed E-state index contributed by atoms with van der Waals surface area (Å²) in [6.45, 7) is 9.39. The first-order valence-electron chi connectivity index (χ1n) is 5.78. The van der Waals surface area contributed by atoms with Crippen molar-refractivity contribution < 1.29 is 14.3 Å². The summed E-state index contributed by atoms with van der Waals surface area (Å²) >= 11 is 0. The highest BCUT2D eigenvalue weighted by Crippen LogP contribution is 1.90. The molecular formula is C12H23NO3. The van der Waals surface area contributed by atoms with E-state index in [2.05, 4.69) is 19.2 Å². The number of rotatable bonds is 9. The van der Waals surface area contributed by atoms with E-state index in [1.54, 1.807) is 13.0 Å². The molecule has 0 aromatic rings. The van der Waals surface area contributed by atoms with Gasteiger partial charge in [-0.15, -0.1) is 0 Å². The first-order chi connectivity index (χ1) is 7.66. The first-order valence-corrected chi connectivity index (χ1v) is 5.78. The average molecular weight is 229 g/mol. The second kappa shape index (κ2) is 10.6. The average Bonchev–Trinajstić information content (AvgIpc) is 2.22. The Balaban J connectivity index is 3.23. The molecule has 0 aliphatic heterocycles. The van der Waals surface area contributed by atoms with Crippen molar-refractivity contribution in [2.24, 2.45) is 5.92 Å². The van der Waals surface area contributed by atoms with Gasteiger partial charge in [0.1, 0.15) is 0 Å². The Kier molecular flexibility index (Phi) is 10.1. The number of esters is 1. The molecule has 94 valence electrons. The van der Waals surface area contributed by atoms with Gasteiger partial charge in [-0.25, -0.2) is 4.79 Å². The number of carbonyl (C=O) groups excluding carboxylic acids is 1. The molecular weight excluding hydrogens is 206 g/mol. The monoisotopic (exact) mass is 229 g/mol. The van der Waals surface area contributed by atoms with E-state index in [4.69, 9.17) is 9.47 Å². The molecule has 4 nitrogen and oxygen atoms in total. The molecule has 0 spiro atoms. The summed E-state index contributed by atoms with van der Waals surface area (Å²) in [5.74, 6) is 0.282. The van der Waals surface area contributed by atoms with Gasteiger partial charge in [0.2, 0.25) is 0 Å². The Labute approximate surface area is 98.0 Å². The highest BCUT2D eigenvalue weighted by atomic mass is 16.5. The Morgan fingerprint density at radius 2 is 2.19 bits per heavy atom. The minimum Gasteiger partial charge on any atom is -0.463 e. The number of hydrogen-bond acceptors (Lipinski definition) is 4. The zero-order chi connectivity index (χ0) is 12.2. The van der Waals surface area contributed by atoms with Crippen LogP contribution in [-0.2, 0) is 14.3 Å². The fraction of sp³-hybridized carbons (Fsp3) is 0.750. The number of ether oxygens (including phenoxy) is 2. The topological polar surface area (TPSA) is 47.6 Å². The van der Waals surface area contributed by atoms with E-state index in [0.717, 1.165) is 13.2 Å². The van der Waals surface area contributed by atoms with Gasteiger partial charge in [0.15, 0.2) is 0 Å². The predicted octanol–water partition coefficient (Wildman–Crippen LogP) is 1.37. The molecule has 4 heteroatoms. The van der Waals surface area contributed by atoms with E-state index < -0.39 is 0 Å². The number of carbonyl (C=O) groups is 1. The SMILES string of the molecule is CCOC(=O)/C=C/CNCCOCC(C)C. The Morgan fingerprint density at radius 1 is 1.44 bits per heavy atom. The molecule has 0 fully saturated rings. The van der Waals surface area contributed by atoms with Crippen LogP contribution in [0.2, 0.25) is 0 Å². The minimum absolute atomic E-state index is 0.291. The van der Waals surface area contributed by atoms with E-state index in [-0.39, 0.29) is 5.97 Å². The molecule has 0 aromatic heterocycles. The Bertz CT molecular complexity index is 202. The van der Waals surface area contributed by atoms with Crippen molar-refractivity contribution in [1.29, 1.82) is 0 Å². The van der Waals surface area contributed by atoms with E-state index in [9.17, 15) is 4.79 Å². The largest absolute Gasteiger partial charge is 0.463 e. The van der Waals surface area contributed by atoms with Crippen molar-refractivity contribution in [2.75, 3.05) is 32.9 Å². The van der Waals surface area contributed by atoms with Gasteiger partial charge in [0, 0.05) is 25.8 Å². The van der Waals surface area contributed by atoms with E-state index in [1.807, 2.05) is 0 Å². The molecule has 1 N–H and O–H groups in total. The number of nitrogens with one attached hydrogen (secondary N) is 1.